The SMILES string of the molecule is CC(C)C(=O)N1CCC(NC(=O)NCC[C@H](C)c2ccccc2)CC1. The third-order valence-corrected chi connectivity index (χ3v) is 4.87. The van der Waals surface area contributed by atoms with Crippen molar-refractivity contribution in [2.45, 2.75) is 52.0 Å². The van der Waals surface area contributed by atoms with Gasteiger partial charge in [0, 0.05) is 31.6 Å². The van der Waals surface area contributed by atoms with Crippen LogP contribution in [0.15, 0.2) is 30.3 Å². The van der Waals surface area contributed by atoms with Gasteiger partial charge in [0.25, 0.3) is 0 Å². The zero-order valence-electron chi connectivity index (χ0n) is 15.6. The second-order valence-corrected chi connectivity index (χ2v) is 7.25. The van der Waals surface area contributed by atoms with Crippen molar-refractivity contribution < 1.29 is 9.59 Å². The zero-order chi connectivity index (χ0) is 18.2. The molecule has 0 unspecified atom stereocenters. The lowest BCUT2D eigenvalue weighted by Gasteiger charge is -2.33. The maximum atomic E-state index is 12.1. The van der Waals surface area contributed by atoms with Gasteiger partial charge in [0.05, 0.1) is 0 Å². The molecule has 1 atom stereocenters. The minimum atomic E-state index is -0.103. The number of carbonyl (C=O) groups is 2. The molecule has 0 radical (unpaired) electrons. The van der Waals surface area contributed by atoms with E-state index in [1.165, 1.54) is 5.56 Å². The summed E-state index contributed by atoms with van der Waals surface area (Å²) in [4.78, 5) is 25.9. The maximum Gasteiger partial charge on any atom is 0.315 e. The normalized spacial score (nSPS) is 16.6. The smallest absolute Gasteiger partial charge is 0.315 e. The fraction of sp³-hybridized carbons (Fsp3) is 0.600. The van der Waals surface area contributed by atoms with Gasteiger partial charge >= 0.3 is 6.03 Å². The largest absolute Gasteiger partial charge is 0.342 e. The monoisotopic (exact) mass is 345 g/mol. The first-order valence-electron chi connectivity index (χ1n) is 9.35. The van der Waals surface area contributed by atoms with E-state index in [4.69, 9.17) is 0 Å². The van der Waals surface area contributed by atoms with Gasteiger partial charge in [0.15, 0.2) is 0 Å². The average molecular weight is 345 g/mol. The number of benzene rings is 1. The van der Waals surface area contributed by atoms with Crippen molar-refractivity contribution in [2.24, 2.45) is 5.92 Å². The quantitative estimate of drug-likeness (QED) is 0.832. The molecule has 2 rings (SSSR count). The van der Waals surface area contributed by atoms with Crippen LogP contribution >= 0.6 is 0 Å². The second kappa shape index (κ2) is 9.44. The average Bonchev–Trinajstić information content (AvgIpc) is 2.62. The summed E-state index contributed by atoms with van der Waals surface area (Å²) in [5.74, 6) is 0.670. The highest BCUT2D eigenvalue weighted by Crippen LogP contribution is 2.17. The van der Waals surface area contributed by atoms with Gasteiger partial charge in [0.1, 0.15) is 0 Å². The number of nitrogens with one attached hydrogen (secondary N) is 2. The summed E-state index contributed by atoms with van der Waals surface area (Å²) < 4.78 is 0. The molecule has 0 bridgehead atoms. The fourth-order valence-corrected chi connectivity index (χ4v) is 3.20. The highest BCUT2D eigenvalue weighted by Gasteiger charge is 2.24. The minimum Gasteiger partial charge on any atom is -0.342 e. The van der Waals surface area contributed by atoms with Crippen LogP contribution in [0.1, 0.15) is 51.5 Å². The standard InChI is InChI=1S/C20H31N3O2/c1-15(2)19(24)23-13-10-18(11-14-23)22-20(25)21-12-9-16(3)17-7-5-4-6-8-17/h4-8,15-16,18H,9-14H2,1-3H3,(H2,21,22,25)/t16-/m0/s1. The van der Waals surface area contributed by atoms with Gasteiger partial charge in [-0.2, -0.15) is 0 Å². The van der Waals surface area contributed by atoms with E-state index in [2.05, 4.69) is 29.7 Å². The molecule has 1 heterocycles. The molecule has 2 N–H and O–H groups in total. The second-order valence-electron chi connectivity index (χ2n) is 7.25. The van der Waals surface area contributed by atoms with E-state index < -0.39 is 0 Å². The molecule has 1 aliphatic heterocycles. The predicted molar refractivity (Wildman–Crippen MR) is 100 cm³/mol. The first-order valence-corrected chi connectivity index (χ1v) is 9.35. The van der Waals surface area contributed by atoms with Gasteiger partial charge < -0.3 is 15.5 Å². The summed E-state index contributed by atoms with van der Waals surface area (Å²) in [5.41, 5.74) is 1.30. The Morgan fingerprint density at radius 1 is 1.12 bits per heavy atom. The Labute approximate surface area is 151 Å². The Kier molecular flexibility index (Phi) is 7.29. The van der Waals surface area contributed by atoms with E-state index in [9.17, 15) is 9.59 Å². The first-order chi connectivity index (χ1) is 12.0. The number of hydrogen-bond donors (Lipinski definition) is 2. The number of nitrogens with zero attached hydrogens (tertiary/aromatic N) is 1. The third-order valence-electron chi connectivity index (χ3n) is 4.87. The number of amides is 3. The van der Waals surface area contributed by atoms with Crippen LogP contribution in [-0.2, 0) is 4.79 Å². The van der Waals surface area contributed by atoms with Crippen molar-refractivity contribution in [1.29, 1.82) is 0 Å². The lowest BCUT2D eigenvalue weighted by molar-refractivity contribution is -0.135. The van der Waals surface area contributed by atoms with Gasteiger partial charge in [-0.15, -0.1) is 0 Å². The van der Waals surface area contributed by atoms with E-state index in [1.54, 1.807) is 0 Å². The van der Waals surface area contributed by atoms with Gasteiger partial charge in [-0.05, 0) is 30.7 Å². The number of hydrogen-bond acceptors (Lipinski definition) is 2. The number of rotatable bonds is 6. The molecule has 138 valence electrons. The Hall–Kier alpha value is -2.04. The van der Waals surface area contributed by atoms with E-state index in [1.807, 2.05) is 36.9 Å². The Bertz CT molecular complexity index is 551. The molecule has 1 fully saturated rings. The van der Waals surface area contributed by atoms with Crippen LogP contribution in [0.5, 0.6) is 0 Å². The number of urea groups is 1. The summed E-state index contributed by atoms with van der Waals surface area (Å²) in [7, 11) is 0. The topological polar surface area (TPSA) is 61.4 Å². The van der Waals surface area contributed by atoms with Crippen LogP contribution in [0.3, 0.4) is 0 Å². The molecule has 3 amide bonds. The summed E-state index contributed by atoms with van der Waals surface area (Å²) in [6.07, 6.45) is 2.57. The molecule has 5 heteroatoms. The summed E-state index contributed by atoms with van der Waals surface area (Å²) >= 11 is 0. The van der Waals surface area contributed by atoms with Crippen LogP contribution in [0, 0.1) is 5.92 Å². The summed E-state index contributed by atoms with van der Waals surface area (Å²) in [5, 5.41) is 5.99. The molecule has 0 saturated carbocycles. The van der Waals surface area contributed by atoms with Crippen LogP contribution in [0.2, 0.25) is 0 Å². The molecule has 5 nitrogen and oxygen atoms in total. The van der Waals surface area contributed by atoms with Crippen molar-refractivity contribution in [3.63, 3.8) is 0 Å². The van der Waals surface area contributed by atoms with Gasteiger partial charge in [0.2, 0.25) is 5.91 Å². The molecule has 0 aliphatic carbocycles. The van der Waals surface area contributed by atoms with E-state index in [0.717, 1.165) is 32.4 Å². The van der Waals surface area contributed by atoms with E-state index >= 15 is 0 Å². The van der Waals surface area contributed by atoms with Crippen LogP contribution in [0.4, 0.5) is 4.79 Å². The van der Waals surface area contributed by atoms with Gasteiger partial charge in [-0.3, -0.25) is 4.79 Å². The highest BCUT2D eigenvalue weighted by atomic mass is 16.2. The van der Waals surface area contributed by atoms with Crippen LogP contribution in [-0.4, -0.2) is 42.5 Å². The predicted octanol–water partition coefficient (Wildman–Crippen LogP) is 3.13. The fourth-order valence-electron chi connectivity index (χ4n) is 3.20. The Balaban J connectivity index is 1.64. The van der Waals surface area contributed by atoms with Gasteiger partial charge in [-0.1, -0.05) is 51.1 Å². The van der Waals surface area contributed by atoms with E-state index in [-0.39, 0.29) is 23.9 Å². The minimum absolute atomic E-state index is 0.0411. The lowest BCUT2D eigenvalue weighted by atomic mass is 9.98. The van der Waals surface area contributed by atoms with E-state index in [0.29, 0.717) is 12.5 Å². The molecule has 1 aliphatic rings. The number of carbonyl (C=O) groups excluding carboxylic acids is 2. The lowest BCUT2D eigenvalue weighted by Crippen LogP contribution is -2.49. The van der Waals surface area contributed by atoms with Crippen molar-refractivity contribution >= 4 is 11.9 Å². The molecular weight excluding hydrogens is 314 g/mol. The molecule has 0 spiro atoms. The number of likely N-dealkylation sites (tertiary alicyclic amines) is 1. The van der Waals surface area contributed by atoms with Crippen molar-refractivity contribution in [3.8, 4) is 0 Å². The molecule has 1 saturated heterocycles. The molecule has 0 aromatic heterocycles. The molecular formula is C20H31N3O2. The molecule has 1 aromatic rings. The van der Waals surface area contributed by atoms with Crippen LogP contribution < -0.4 is 10.6 Å². The number of piperidine rings is 1. The Morgan fingerprint density at radius 3 is 2.36 bits per heavy atom. The van der Waals surface area contributed by atoms with Crippen molar-refractivity contribution in [1.82, 2.24) is 15.5 Å². The molecule has 25 heavy (non-hydrogen) atoms. The van der Waals surface area contributed by atoms with Crippen molar-refractivity contribution in [3.05, 3.63) is 35.9 Å². The van der Waals surface area contributed by atoms with Gasteiger partial charge in [-0.25, -0.2) is 4.79 Å². The molecule has 1 aromatic carbocycles. The highest BCUT2D eigenvalue weighted by molar-refractivity contribution is 5.78. The Morgan fingerprint density at radius 2 is 1.76 bits per heavy atom. The maximum absolute atomic E-state index is 12.1. The zero-order valence-corrected chi connectivity index (χ0v) is 15.6. The van der Waals surface area contributed by atoms with Crippen molar-refractivity contribution in [2.75, 3.05) is 19.6 Å². The first kappa shape index (κ1) is 19.3. The summed E-state index contributed by atoms with van der Waals surface area (Å²) in [6, 6.07) is 10.4. The third kappa shape index (κ3) is 6.07. The summed E-state index contributed by atoms with van der Waals surface area (Å²) in [6.45, 7) is 8.15. The van der Waals surface area contributed by atoms with Crippen LogP contribution in [0.25, 0.3) is 0 Å².